The highest BCUT2D eigenvalue weighted by Crippen LogP contribution is 2.26. The summed E-state index contributed by atoms with van der Waals surface area (Å²) in [5, 5.41) is 13.0. The average Bonchev–Trinajstić information content (AvgIpc) is 3.11. The largest absolute Gasteiger partial charge is 0.483 e. The van der Waals surface area contributed by atoms with Gasteiger partial charge in [0.25, 0.3) is 6.47 Å². The smallest absolute Gasteiger partial charge is 0.290 e. The summed E-state index contributed by atoms with van der Waals surface area (Å²) < 4.78 is 0. The highest BCUT2D eigenvalue weighted by molar-refractivity contribution is 5.77. The molecule has 2 aromatic rings. The molecular formula is C24H31N3O4. The molecule has 0 aliphatic carbocycles. The molecule has 31 heavy (non-hydrogen) atoms. The number of rotatable bonds is 7. The van der Waals surface area contributed by atoms with Crippen molar-refractivity contribution in [1.29, 1.82) is 0 Å². The summed E-state index contributed by atoms with van der Waals surface area (Å²) in [7, 11) is 2.04. The van der Waals surface area contributed by atoms with Crippen molar-refractivity contribution >= 4 is 18.3 Å². The number of carbonyl (C=O) groups is 3. The first-order chi connectivity index (χ1) is 15.0. The minimum absolute atomic E-state index is 0.0110. The van der Waals surface area contributed by atoms with Crippen LogP contribution >= 0.6 is 0 Å². The molecule has 1 heterocycles. The van der Waals surface area contributed by atoms with E-state index in [2.05, 4.69) is 15.5 Å². The molecule has 2 atom stereocenters. The molecule has 7 heteroatoms. The van der Waals surface area contributed by atoms with Crippen molar-refractivity contribution < 1.29 is 19.5 Å². The minimum atomic E-state index is -0.250. The molecule has 2 aromatic carbocycles. The first-order valence-corrected chi connectivity index (χ1v) is 10.4. The number of nitrogens with one attached hydrogen (secondary N) is 2. The Morgan fingerprint density at radius 1 is 1.03 bits per heavy atom. The van der Waals surface area contributed by atoms with E-state index < -0.39 is 0 Å². The van der Waals surface area contributed by atoms with Crippen LogP contribution in [0.25, 0.3) is 0 Å². The van der Waals surface area contributed by atoms with Crippen molar-refractivity contribution in [3.63, 3.8) is 0 Å². The molecule has 3 N–H and O–H groups in total. The second kappa shape index (κ2) is 12.5. The average molecular weight is 426 g/mol. The Labute approximate surface area is 183 Å². The molecule has 0 unspecified atom stereocenters. The Morgan fingerprint density at radius 2 is 1.52 bits per heavy atom. The summed E-state index contributed by atoms with van der Waals surface area (Å²) in [6.45, 7) is 1.92. The molecule has 0 saturated carbocycles. The summed E-state index contributed by atoms with van der Waals surface area (Å²) in [6.07, 6.45) is 2.42. The predicted octanol–water partition coefficient (Wildman–Crippen LogP) is 2.58. The lowest BCUT2D eigenvalue weighted by atomic mass is 9.98. The third-order valence-electron chi connectivity index (χ3n) is 5.56. The third kappa shape index (κ3) is 7.53. The lowest BCUT2D eigenvalue weighted by molar-refractivity contribution is -0.123. The van der Waals surface area contributed by atoms with Gasteiger partial charge in [0.1, 0.15) is 0 Å². The summed E-state index contributed by atoms with van der Waals surface area (Å²) in [6, 6.07) is 20.5. The van der Waals surface area contributed by atoms with Gasteiger partial charge >= 0.3 is 0 Å². The molecule has 7 nitrogen and oxygen atoms in total. The Balaban J connectivity index is 0.00000107. The molecular weight excluding hydrogens is 394 g/mol. The zero-order valence-corrected chi connectivity index (χ0v) is 18.0. The van der Waals surface area contributed by atoms with E-state index in [1.54, 1.807) is 0 Å². The first-order valence-electron chi connectivity index (χ1n) is 10.4. The Morgan fingerprint density at radius 3 is 2.00 bits per heavy atom. The minimum Gasteiger partial charge on any atom is -0.483 e. The quantitative estimate of drug-likeness (QED) is 0.592. The number of hydrogen-bond acceptors (Lipinski definition) is 4. The fourth-order valence-electron chi connectivity index (χ4n) is 3.93. The van der Waals surface area contributed by atoms with Gasteiger partial charge in [0.15, 0.2) is 0 Å². The normalized spacial score (nSPS) is 18.0. The van der Waals surface area contributed by atoms with Crippen molar-refractivity contribution in [3.8, 4) is 0 Å². The highest BCUT2D eigenvalue weighted by Gasteiger charge is 2.32. The summed E-state index contributed by atoms with van der Waals surface area (Å²) in [5.41, 5.74) is 2.15. The maximum absolute atomic E-state index is 12.9. The zero-order chi connectivity index (χ0) is 22.6. The van der Waals surface area contributed by atoms with Crippen LogP contribution in [-0.2, 0) is 14.4 Å². The number of likely N-dealkylation sites (tertiary alicyclic amines) is 1. The topological polar surface area (TPSA) is 98.7 Å². The van der Waals surface area contributed by atoms with E-state index >= 15 is 0 Å². The lowest BCUT2D eigenvalue weighted by Crippen LogP contribution is -2.42. The van der Waals surface area contributed by atoms with E-state index in [9.17, 15) is 9.59 Å². The van der Waals surface area contributed by atoms with Gasteiger partial charge in [-0.3, -0.25) is 19.3 Å². The maximum Gasteiger partial charge on any atom is 0.290 e. The fraction of sp³-hybridized carbons (Fsp3) is 0.375. The summed E-state index contributed by atoms with van der Waals surface area (Å²) >= 11 is 0. The van der Waals surface area contributed by atoms with Crippen LogP contribution in [0.15, 0.2) is 60.7 Å². The van der Waals surface area contributed by atoms with Crippen LogP contribution < -0.4 is 10.6 Å². The predicted molar refractivity (Wildman–Crippen MR) is 119 cm³/mol. The first kappa shape index (κ1) is 24.1. The molecule has 1 fully saturated rings. The molecule has 2 amide bonds. The zero-order valence-electron chi connectivity index (χ0n) is 18.0. The monoisotopic (exact) mass is 425 g/mol. The van der Waals surface area contributed by atoms with Gasteiger partial charge in [0.2, 0.25) is 11.8 Å². The van der Waals surface area contributed by atoms with E-state index in [-0.39, 0.29) is 30.4 Å². The van der Waals surface area contributed by atoms with Gasteiger partial charge in [-0.2, -0.15) is 0 Å². The van der Waals surface area contributed by atoms with Gasteiger partial charge in [-0.05, 0) is 31.0 Å². The van der Waals surface area contributed by atoms with Crippen LogP contribution in [0, 0.1) is 0 Å². The van der Waals surface area contributed by atoms with E-state index in [1.165, 1.54) is 6.92 Å². The fourth-order valence-corrected chi connectivity index (χ4v) is 3.93. The molecule has 1 aliphatic heterocycles. The van der Waals surface area contributed by atoms with Gasteiger partial charge in [-0.1, -0.05) is 60.7 Å². The molecule has 0 bridgehead atoms. The number of amides is 2. The van der Waals surface area contributed by atoms with Gasteiger partial charge < -0.3 is 15.7 Å². The second-order valence-electron chi connectivity index (χ2n) is 7.62. The highest BCUT2D eigenvalue weighted by atomic mass is 16.3. The van der Waals surface area contributed by atoms with Crippen LogP contribution in [0.3, 0.4) is 0 Å². The van der Waals surface area contributed by atoms with E-state index in [4.69, 9.17) is 9.90 Å². The Bertz CT molecular complexity index is 790. The van der Waals surface area contributed by atoms with E-state index in [0.717, 1.165) is 24.0 Å². The van der Waals surface area contributed by atoms with Crippen molar-refractivity contribution in [3.05, 3.63) is 71.8 Å². The molecule has 0 aromatic heterocycles. The maximum atomic E-state index is 12.9. The number of hydrogen-bond donors (Lipinski definition) is 3. The SMILES string of the molecule is CC(=O)NC[C@H]1CC[C@@H](CC(=O)NC(c2ccccc2)c2ccccc2)N1C.O=CO. The van der Waals surface area contributed by atoms with Crippen molar-refractivity contribution in [2.24, 2.45) is 0 Å². The number of carboxylic acid groups (broad SMARTS) is 1. The summed E-state index contributed by atoms with van der Waals surface area (Å²) in [5.74, 6) is 0.0397. The summed E-state index contributed by atoms with van der Waals surface area (Å²) in [4.78, 5) is 34.6. The molecule has 1 aliphatic rings. The van der Waals surface area contributed by atoms with Gasteiger partial charge in [-0.15, -0.1) is 0 Å². The number of carbonyl (C=O) groups excluding carboxylic acids is 2. The van der Waals surface area contributed by atoms with Gasteiger partial charge in [0, 0.05) is 32.0 Å². The Hall–Kier alpha value is -3.19. The van der Waals surface area contributed by atoms with Crippen LogP contribution in [0.4, 0.5) is 0 Å². The van der Waals surface area contributed by atoms with Crippen LogP contribution in [0.2, 0.25) is 0 Å². The van der Waals surface area contributed by atoms with Crippen molar-refractivity contribution in [2.75, 3.05) is 13.6 Å². The standard InChI is InChI=1S/C23H29N3O2.CH2O2/c1-17(27)24-16-21-14-13-20(26(21)2)15-22(28)25-23(18-9-5-3-6-10-18)19-11-7-4-8-12-19;2-1-3/h3-12,20-21,23H,13-16H2,1-2H3,(H,24,27)(H,25,28);1H,(H,2,3)/t20-,21+;/m0./s1. The van der Waals surface area contributed by atoms with Crippen molar-refractivity contribution in [2.45, 2.75) is 44.3 Å². The van der Waals surface area contributed by atoms with Gasteiger partial charge in [-0.25, -0.2) is 0 Å². The number of benzene rings is 2. The van der Waals surface area contributed by atoms with E-state index in [1.807, 2.05) is 67.7 Å². The van der Waals surface area contributed by atoms with Crippen LogP contribution in [0.1, 0.15) is 43.4 Å². The number of likely N-dealkylation sites (N-methyl/N-ethyl adjacent to an activating group) is 1. The Kier molecular flexibility index (Phi) is 9.71. The molecule has 3 rings (SSSR count). The van der Waals surface area contributed by atoms with Gasteiger partial charge in [0.05, 0.1) is 6.04 Å². The molecule has 0 radical (unpaired) electrons. The lowest BCUT2D eigenvalue weighted by Gasteiger charge is -2.26. The number of nitrogens with zero attached hydrogens (tertiary/aromatic N) is 1. The van der Waals surface area contributed by atoms with Crippen LogP contribution in [-0.4, -0.2) is 54.0 Å². The third-order valence-corrected chi connectivity index (χ3v) is 5.56. The molecule has 166 valence electrons. The van der Waals surface area contributed by atoms with E-state index in [0.29, 0.717) is 19.0 Å². The molecule has 1 saturated heterocycles. The molecule has 0 spiro atoms. The van der Waals surface area contributed by atoms with Crippen LogP contribution in [0.5, 0.6) is 0 Å². The second-order valence-corrected chi connectivity index (χ2v) is 7.62. The van der Waals surface area contributed by atoms with Crippen molar-refractivity contribution in [1.82, 2.24) is 15.5 Å².